The van der Waals surface area contributed by atoms with Gasteiger partial charge in [-0.25, -0.2) is 4.98 Å². The second-order valence-electron chi connectivity index (χ2n) is 4.34. The highest BCUT2D eigenvalue weighted by molar-refractivity contribution is 5.85. The lowest BCUT2D eigenvalue weighted by Crippen LogP contribution is -2.06. The lowest BCUT2D eigenvalue weighted by Gasteiger charge is -2.08. The molecule has 0 unspecified atom stereocenters. The molecule has 2 N–H and O–H groups in total. The summed E-state index contributed by atoms with van der Waals surface area (Å²) < 4.78 is 5.61. The zero-order chi connectivity index (χ0) is 13.9. The molecule has 1 aromatic heterocycles. The maximum absolute atomic E-state index is 11.6. The van der Waals surface area contributed by atoms with E-state index in [4.69, 9.17) is 4.74 Å². The monoisotopic (exact) mass is 268 g/mol. The Morgan fingerprint density at radius 1 is 1.20 bits per heavy atom. The number of aromatic nitrogens is 2. The van der Waals surface area contributed by atoms with E-state index in [0.717, 1.165) is 5.56 Å². The molecule has 0 bridgehead atoms. The van der Waals surface area contributed by atoms with E-state index in [9.17, 15) is 9.90 Å². The van der Waals surface area contributed by atoms with Crippen molar-refractivity contribution in [1.82, 2.24) is 9.97 Å². The molecule has 5 heteroatoms. The summed E-state index contributed by atoms with van der Waals surface area (Å²) in [5.74, 6) is 0.330. The predicted octanol–water partition coefficient (Wildman–Crippen LogP) is 2.21. The molecule has 0 spiro atoms. The van der Waals surface area contributed by atoms with Gasteiger partial charge < -0.3 is 14.8 Å². The number of aromatic amines is 1. The van der Waals surface area contributed by atoms with Crippen molar-refractivity contribution in [1.29, 1.82) is 0 Å². The summed E-state index contributed by atoms with van der Waals surface area (Å²) >= 11 is 0. The molecule has 1 heterocycles. The smallest absolute Gasteiger partial charge is 0.262 e. The van der Waals surface area contributed by atoms with Crippen molar-refractivity contribution < 1.29 is 9.84 Å². The number of nitrogens with zero attached hydrogens (tertiary/aromatic N) is 1. The normalized spacial score (nSPS) is 10.6. The topological polar surface area (TPSA) is 75.2 Å². The lowest BCUT2D eigenvalue weighted by atomic mass is 10.2. The van der Waals surface area contributed by atoms with Crippen LogP contribution in [0.15, 0.2) is 53.6 Å². The Balaban J connectivity index is 1.92. The largest absolute Gasteiger partial charge is 0.507 e. The molecule has 0 fully saturated rings. The Hall–Kier alpha value is -2.82. The number of aromatic hydroxyl groups is 1. The van der Waals surface area contributed by atoms with Crippen molar-refractivity contribution >= 4 is 10.9 Å². The van der Waals surface area contributed by atoms with Crippen molar-refractivity contribution in [2.24, 2.45) is 0 Å². The van der Waals surface area contributed by atoms with Crippen LogP contribution in [0, 0.1) is 0 Å². The zero-order valence-corrected chi connectivity index (χ0v) is 10.5. The number of phenols is 1. The number of H-pyrrole nitrogens is 1. The molecule has 0 amide bonds. The fourth-order valence-corrected chi connectivity index (χ4v) is 1.98. The molecule has 0 atom stereocenters. The molecule has 0 aliphatic heterocycles. The molecule has 0 saturated carbocycles. The van der Waals surface area contributed by atoms with Crippen LogP contribution >= 0.6 is 0 Å². The number of benzene rings is 2. The van der Waals surface area contributed by atoms with Crippen molar-refractivity contribution in [2.75, 3.05) is 0 Å². The Labute approximate surface area is 114 Å². The van der Waals surface area contributed by atoms with E-state index in [0.29, 0.717) is 17.9 Å². The summed E-state index contributed by atoms with van der Waals surface area (Å²) in [6.45, 7) is 0.384. The number of phenolic OH excluding ortho intramolecular Hbond substituents is 1. The molecule has 100 valence electrons. The third-order valence-electron chi connectivity index (χ3n) is 2.94. The molecule has 3 aromatic rings. The summed E-state index contributed by atoms with van der Waals surface area (Å²) in [6.07, 6.45) is 1.30. The van der Waals surface area contributed by atoms with Crippen molar-refractivity contribution in [3.8, 4) is 11.5 Å². The first-order valence-corrected chi connectivity index (χ1v) is 6.11. The van der Waals surface area contributed by atoms with Gasteiger partial charge in [0.1, 0.15) is 23.5 Å². The number of ether oxygens (including phenoxy) is 1. The minimum Gasteiger partial charge on any atom is -0.507 e. The van der Waals surface area contributed by atoms with Gasteiger partial charge in [-0.2, -0.15) is 0 Å². The molecule has 20 heavy (non-hydrogen) atoms. The van der Waals surface area contributed by atoms with Crippen LogP contribution in [0.4, 0.5) is 0 Å². The minimum absolute atomic E-state index is 0.139. The summed E-state index contributed by atoms with van der Waals surface area (Å²) in [4.78, 5) is 18.0. The van der Waals surface area contributed by atoms with Gasteiger partial charge >= 0.3 is 0 Å². The second kappa shape index (κ2) is 5.05. The number of rotatable bonds is 3. The van der Waals surface area contributed by atoms with Crippen molar-refractivity contribution in [3.05, 3.63) is 64.7 Å². The third-order valence-corrected chi connectivity index (χ3v) is 2.94. The highest BCUT2D eigenvalue weighted by Gasteiger charge is 2.08. The number of hydrogen-bond donors (Lipinski definition) is 2. The molecule has 0 saturated heterocycles. The Bertz CT molecular complexity index is 797. The van der Waals surface area contributed by atoms with Gasteiger partial charge in [-0.05, 0) is 5.56 Å². The van der Waals surface area contributed by atoms with E-state index in [2.05, 4.69) is 9.97 Å². The maximum atomic E-state index is 11.6. The van der Waals surface area contributed by atoms with E-state index in [1.165, 1.54) is 12.4 Å². The molecule has 0 aliphatic carbocycles. The molecule has 3 rings (SSSR count). The predicted molar refractivity (Wildman–Crippen MR) is 74.8 cm³/mol. The minimum atomic E-state index is -0.373. The lowest BCUT2D eigenvalue weighted by molar-refractivity contribution is 0.305. The molecular formula is C15H12N2O3. The van der Waals surface area contributed by atoms with Gasteiger partial charge in [0, 0.05) is 12.1 Å². The molecule has 0 aliphatic rings. The van der Waals surface area contributed by atoms with Gasteiger partial charge in [0.05, 0.1) is 11.8 Å². The third kappa shape index (κ3) is 2.33. The van der Waals surface area contributed by atoms with Crippen LogP contribution in [0.1, 0.15) is 5.56 Å². The highest BCUT2D eigenvalue weighted by atomic mass is 16.5. The van der Waals surface area contributed by atoms with Crippen LogP contribution in [-0.4, -0.2) is 15.1 Å². The second-order valence-corrected chi connectivity index (χ2v) is 4.34. The molecule has 2 aromatic carbocycles. The van der Waals surface area contributed by atoms with Crippen LogP contribution in [-0.2, 0) is 6.61 Å². The number of fused-ring (bicyclic) bond motifs is 1. The standard InChI is InChI=1S/C15H12N2O3/c18-13-7-11(20-8-10-4-2-1-3-5-10)6-12-14(13)15(19)17-9-16-12/h1-7,9,18H,8H2,(H,16,17,19). The summed E-state index contributed by atoms with van der Waals surface area (Å²) in [7, 11) is 0. The van der Waals surface area contributed by atoms with Gasteiger partial charge in [-0.3, -0.25) is 4.79 Å². The van der Waals surface area contributed by atoms with E-state index < -0.39 is 0 Å². The highest BCUT2D eigenvalue weighted by Crippen LogP contribution is 2.26. The van der Waals surface area contributed by atoms with E-state index in [1.807, 2.05) is 30.3 Å². The average molecular weight is 268 g/mol. The van der Waals surface area contributed by atoms with Crippen LogP contribution in [0.5, 0.6) is 11.5 Å². The van der Waals surface area contributed by atoms with Crippen LogP contribution in [0.25, 0.3) is 10.9 Å². The van der Waals surface area contributed by atoms with Gasteiger partial charge in [-0.1, -0.05) is 30.3 Å². The van der Waals surface area contributed by atoms with Gasteiger partial charge in [0.2, 0.25) is 0 Å². The Morgan fingerprint density at radius 3 is 2.80 bits per heavy atom. The average Bonchev–Trinajstić information content (AvgIpc) is 2.46. The number of hydrogen-bond acceptors (Lipinski definition) is 4. The van der Waals surface area contributed by atoms with Crippen molar-refractivity contribution in [3.63, 3.8) is 0 Å². The SMILES string of the molecule is O=c1[nH]cnc2cc(OCc3ccccc3)cc(O)c12. The first-order chi connectivity index (χ1) is 9.74. The first kappa shape index (κ1) is 12.2. The summed E-state index contributed by atoms with van der Waals surface area (Å²) in [5, 5.41) is 10.1. The van der Waals surface area contributed by atoms with E-state index in [1.54, 1.807) is 6.07 Å². The number of nitrogens with one attached hydrogen (secondary N) is 1. The van der Waals surface area contributed by atoms with Crippen LogP contribution < -0.4 is 10.3 Å². The maximum Gasteiger partial charge on any atom is 0.262 e. The Morgan fingerprint density at radius 2 is 2.00 bits per heavy atom. The van der Waals surface area contributed by atoms with Crippen LogP contribution in [0.3, 0.4) is 0 Å². The summed E-state index contributed by atoms with van der Waals surface area (Å²) in [6, 6.07) is 12.7. The Kier molecular flexibility index (Phi) is 3.09. The van der Waals surface area contributed by atoms with E-state index >= 15 is 0 Å². The zero-order valence-electron chi connectivity index (χ0n) is 10.5. The fraction of sp³-hybridized carbons (Fsp3) is 0.0667. The fourth-order valence-electron chi connectivity index (χ4n) is 1.98. The molecule has 0 radical (unpaired) electrons. The first-order valence-electron chi connectivity index (χ1n) is 6.11. The van der Waals surface area contributed by atoms with Crippen LogP contribution in [0.2, 0.25) is 0 Å². The van der Waals surface area contributed by atoms with Gasteiger partial charge in [-0.15, -0.1) is 0 Å². The van der Waals surface area contributed by atoms with Gasteiger partial charge in [0.25, 0.3) is 5.56 Å². The van der Waals surface area contributed by atoms with Crippen molar-refractivity contribution in [2.45, 2.75) is 6.61 Å². The van der Waals surface area contributed by atoms with E-state index in [-0.39, 0.29) is 16.7 Å². The molecule has 5 nitrogen and oxygen atoms in total. The summed E-state index contributed by atoms with van der Waals surface area (Å²) in [5.41, 5.74) is 1.05. The van der Waals surface area contributed by atoms with Gasteiger partial charge in [0.15, 0.2) is 0 Å². The molecular weight excluding hydrogens is 256 g/mol. The quantitative estimate of drug-likeness (QED) is 0.763.